The van der Waals surface area contributed by atoms with Crippen molar-refractivity contribution in [3.05, 3.63) is 51.3 Å². The molecule has 0 N–H and O–H groups in total. The van der Waals surface area contributed by atoms with Crippen molar-refractivity contribution in [1.29, 1.82) is 0 Å². The number of aryl methyl sites for hydroxylation is 1. The molecule has 1 atom stereocenters. The van der Waals surface area contributed by atoms with Crippen LogP contribution in [0.15, 0.2) is 29.2 Å². The highest BCUT2D eigenvalue weighted by Gasteiger charge is 2.33. The quantitative estimate of drug-likeness (QED) is 0.559. The minimum absolute atomic E-state index is 0.00108. The Hall–Kier alpha value is -2.26. The maximum atomic E-state index is 13.2. The van der Waals surface area contributed by atoms with Gasteiger partial charge in [-0.15, -0.1) is 0 Å². The summed E-state index contributed by atoms with van der Waals surface area (Å²) >= 11 is 0. The van der Waals surface area contributed by atoms with Crippen molar-refractivity contribution in [2.75, 3.05) is 13.1 Å². The molecule has 8 nitrogen and oxygen atoms in total. The zero-order valence-corrected chi connectivity index (χ0v) is 17.4. The predicted octanol–water partition coefficient (Wildman–Crippen LogP) is 3.44. The molecular weight excluding hydrogens is 380 g/mol. The average molecular weight is 407 g/mol. The third-order valence-electron chi connectivity index (χ3n) is 5.53. The molecule has 0 aliphatic carbocycles. The molecule has 3 rings (SSSR count). The summed E-state index contributed by atoms with van der Waals surface area (Å²) in [4.78, 5) is 10.9. The van der Waals surface area contributed by atoms with E-state index in [2.05, 4.69) is 12.0 Å². The first-order valence-corrected chi connectivity index (χ1v) is 10.9. The average Bonchev–Trinajstić information content (AvgIpc) is 2.96. The van der Waals surface area contributed by atoms with Crippen LogP contribution in [-0.2, 0) is 10.0 Å². The van der Waals surface area contributed by atoms with E-state index in [0.29, 0.717) is 36.0 Å². The summed E-state index contributed by atoms with van der Waals surface area (Å²) in [5.74, 6) is 0.533. The fraction of sp³-hybridized carbons (Fsp3) is 0.526. The first-order chi connectivity index (χ1) is 13.1. The van der Waals surface area contributed by atoms with Crippen LogP contribution in [0, 0.1) is 29.9 Å². The molecular formula is C19H26N4O4S. The molecule has 9 heteroatoms. The van der Waals surface area contributed by atoms with Gasteiger partial charge < -0.3 is 0 Å². The molecule has 0 unspecified atom stereocenters. The van der Waals surface area contributed by atoms with E-state index in [1.54, 1.807) is 35.0 Å². The molecule has 152 valence electrons. The lowest BCUT2D eigenvalue weighted by atomic mass is 10.0. The molecule has 0 amide bonds. The number of non-ortho nitro benzene ring substituents is 1. The minimum Gasteiger partial charge on any atom is -0.261 e. The van der Waals surface area contributed by atoms with Gasteiger partial charge in [0.25, 0.3) is 5.69 Å². The summed E-state index contributed by atoms with van der Waals surface area (Å²) in [6, 6.07) is 6.02. The molecule has 1 aromatic heterocycles. The van der Waals surface area contributed by atoms with Crippen LogP contribution in [0.25, 0.3) is 0 Å². The summed E-state index contributed by atoms with van der Waals surface area (Å²) in [7, 11) is -3.62. The number of nitro groups is 1. The van der Waals surface area contributed by atoms with Gasteiger partial charge in [0.1, 0.15) is 4.90 Å². The van der Waals surface area contributed by atoms with E-state index < -0.39 is 14.9 Å². The fourth-order valence-electron chi connectivity index (χ4n) is 3.79. The number of hydrogen-bond acceptors (Lipinski definition) is 5. The molecule has 1 aliphatic rings. The van der Waals surface area contributed by atoms with Gasteiger partial charge in [0, 0.05) is 25.2 Å². The predicted molar refractivity (Wildman–Crippen MR) is 106 cm³/mol. The van der Waals surface area contributed by atoms with Gasteiger partial charge >= 0.3 is 0 Å². The van der Waals surface area contributed by atoms with Gasteiger partial charge in [0.15, 0.2) is 0 Å². The van der Waals surface area contributed by atoms with Gasteiger partial charge in [-0.3, -0.25) is 14.8 Å². The maximum absolute atomic E-state index is 13.2. The zero-order chi connectivity index (χ0) is 20.6. The maximum Gasteiger partial charge on any atom is 0.269 e. The molecule has 0 spiro atoms. The molecule has 0 saturated carbocycles. The van der Waals surface area contributed by atoms with E-state index in [1.165, 1.54) is 12.1 Å². The Balaban J connectivity index is 1.98. The van der Waals surface area contributed by atoms with Gasteiger partial charge in [-0.05, 0) is 45.1 Å². The summed E-state index contributed by atoms with van der Waals surface area (Å²) in [5, 5.41) is 15.5. The number of piperidine rings is 1. The van der Waals surface area contributed by atoms with E-state index in [1.807, 2.05) is 6.92 Å². The van der Waals surface area contributed by atoms with Crippen molar-refractivity contribution < 1.29 is 13.3 Å². The Bertz CT molecular complexity index is 991. The van der Waals surface area contributed by atoms with Gasteiger partial charge in [0.2, 0.25) is 10.0 Å². The Kier molecular flexibility index (Phi) is 5.58. The number of benzene rings is 1. The van der Waals surface area contributed by atoms with Crippen molar-refractivity contribution in [3.8, 4) is 0 Å². The molecule has 1 fully saturated rings. The monoisotopic (exact) mass is 406 g/mol. The Morgan fingerprint density at radius 1 is 1.25 bits per heavy atom. The third kappa shape index (κ3) is 3.68. The molecule has 0 radical (unpaired) electrons. The SMILES string of the molecule is Cc1nn([C@H](C)c2cccc([N+](=O)[O-])c2)c(C)c1S(=O)(=O)N1CCC(C)CC1. The van der Waals surface area contributed by atoms with Crippen molar-refractivity contribution in [1.82, 2.24) is 14.1 Å². The molecule has 0 bridgehead atoms. The summed E-state index contributed by atoms with van der Waals surface area (Å²) in [6.07, 6.45) is 1.71. The molecule has 2 heterocycles. The summed E-state index contributed by atoms with van der Waals surface area (Å²) in [6.45, 7) is 8.48. The van der Waals surface area contributed by atoms with Crippen LogP contribution in [0.1, 0.15) is 49.7 Å². The van der Waals surface area contributed by atoms with E-state index in [9.17, 15) is 18.5 Å². The largest absolute Gasteiger partial charge is 0.269 e. The summed E-state index contributed by atoms with van der Waals surface area (Å²) < 4.78 is 29.7. The zero-order valence-electron chi connectivity index (χ0n) is 16.6. The van der Waals surface area contributed by atoms with Crippen LogP contribution >= 0.6 is 0 Å². The van der Waals surface area contributed by atoms with E-state index >= 15 is 0 Å². The fourth-order valence-corrected chi connectivity index (χ4v) is 5.62. The molecule has 1 aliphatic heterocycles. The smallest absolute Gasteiger partial charge is 0.261 e. The molecule has 28 heavy (non-hydrogen) atoms. The van der Waals surface area contributed by atoms with Crippen LogP contribution in [0.3, 0.4) is 0 Å². The van der Waals surface area contributed by atoms with Crippen LogP contribution < -0.4 is 0 Å². The van der Waals surface area contributed by atoms with Crippen LogP contribution in [-0.4, -0.2) is 40.5 Å². The first kappa shape index (κ1) is 20.5. The lowest BCUT2D eigenvalue weighted by Gasteiger charge is -2.29. The second-order valence-electron chi connectivity index (χ2n) is 7.56. The number of nitro benzene ring substituents is 1. The van der Waals surface area contributed by atoms with Crippen LogP contribution in [0.4, 0.5) is 5.69 Å². The van der Waals surface area contributed by atoms with Gasteiger partial charge in [-0.25, -0.2) is 8.42 Å². The second kappa shape index (κ2) is 7.63. The van der Waals surface area contributed by atoms with Crippen LogP contribution in [0.2, 0.25) is 0 Å². The van der Waals surface area contributed by atoms with E-state index in [-0.39, 0.29) is 16.6 Å². The van der Waals surface area contributed by atoms with Crippen molar-refractivity contribution >= 4 is 15.7 Å². The first-order valence-electron chi connectivity index (χ1n) is 9.43. The van der Waals surface area contributed by atoms with Crippen molar-refractivity contribution in [2.45, 2.75) is 51.5 Å². The lowest BCUT2D eigenvalue weighted by Crippen LogP contribution is -2.38. The highest BCUT2D eigenvalue weighted by Crippen LogP contribution is 2.31. The standard InChI is InChI=1S/C19H26N4O4S/c1-13-8-10-21(11-9-13)28(26,27)19-14(2)20-22(16(19)4)15(3)17-6-5-7-18(12-17)23(24)25/h5-7,12-13,15H,8-11H2,1-4H3/t15-/m1/s1. The minimum atomic E-state index is -3.62. The number of aromatic nitrogens is 2. The second-order valence-corrected chi connectivity index (χ2v) is 9.43. The Labute approximate surface area is 165 Å². The normalized spacial score (nSPS) is 17.6. The highest BCUT2D eigenvalue weighted by molar-refractivity contribution is 7.89. The third-order valence-corrected chi connectivity index (χ3v) is 7.68. The number of hydrogen-bond donors (Lipinski definition) is 0. The van der Waals surface area contributed by atoms with Crippen molar-refractivity contribution in [2.24, 2.45) is 5.92 Å². The van der Waals surface area contributed by atoms with Gasteiger partial charge in [-0.2, -0.15) is 9.40 Å². The topological polar surface area (TPSA) is 98.3 Å². The van der Waals surface area contributed by atoms with Crippen molar-refractivity contribution in [3.63, 3.8) is 0 Å². The highest BCUT2D eigenvalue weighted by atomic mass is 32.2. The van der Waals surface area contributed by atoms with E-state index in [4.69, 9.17) is 0 Å². The summed E-state index contributed by atoms with van der Waals surface area (Å²) in [5.41, 5.74) is 1.71. The molecule has 1 saturated heterocycles. The van der Waals surface area contributed by atoms with Gasteiger partial charge in [-0.1, -0.05) is 19.1 Å². The van der Waals surface area contributed by atoms with Crippen LogP contribution in [0.5, 0.6) is 0 Å². The Morgan fingerprint density at radius 2 is 1.89 bits per heavy atom. The molecule has 1 aromatic carbocycles. The Morgan fingerprint density at radius 3 is 2.50 bits per heavy atom. The van der Waals surface area contributed by atoms with Gasteiger partial charge in [0.05, 0.1) is 22.4 Å². The van der Waals surface area contributed by atoms with E-state index in [0.717, 1.165) is 12.8 Å². The number of nitrogens with zero attached hydrogens (tertiary/aromatic N) is 4. The molecule has 2 aromatic rings. The lowest BCUT2D eigenvalue weighted by molar-refractivity contribution is -0.384. The number of rotatable bonds is 5. The number of sulfonamides is 1.